The summed E-state index contributed by atoms with van der Waals surface area (Å²) in [5, 5.41) is 2.00. The molecule has 0 aliphatic carbocycles. The summed E-state index contributed by atoms with van der Waals surface area (Å²) in [6.45, 7) is -0.124. The molecule has 162 valence electrons. The van der Waals surface area contributed by atoms with Crippen LogP contribution in [0.4, 0.5) is 0 Å². The van der Waals surface area contributed by atoms with Crippen LogP contribution < -0.4 is 4.74 Å². The SMILES string of the molecule is COC(=O)COc1ccc2cc(-c3nc(-c4ccccc4)c(-c4ccccc4)o3)ccc2c1. The van der Waals surface area contributed by atoms with Gasteiger partial charge in [0, 0.05) is 16.7 Å². The second kappa shape index (κ2) is 9.01. The van der Waals surface area contributed by atoms with Crippen LogP contribution >= 0.6 is 0 Å². The van der Waals surface area contributed by atoms with Crippen LogP contribution in [0.1, 0.15) is 0 Å². The number of ether oxygens (including phenoxy) is 2. The maximum absolute atomic E-state index is 11.3. The van der Waals surface area contributed by atoms with Gasteiger partial charge < -0.3 is 13.9 Å². The van der Waals surface area contributed by atoms with Gasteiger partial charge in [-0.2, -0.15) is 0 Å². The molecule has 0 amide bonds. The second-order valence-electron chi connectivity index (χ2n) is 7.52. The highest BCUT2D eigenvalue weighted by Gasteiger charge is 2.18. The molecule has 1 heterocycles. The van der Waals surface area contributed by atoms with Gasteiger partial charge in [-0.1, -0.05) is 72.8 Å². The molecule has 5 aromatic rings. The predicted molar refractivity (Wildman–Crippen MR) is 128 cm³/mol. The topological polar surface area (TPSA) is 61.6 Å². The molecule has 0 saturated carbocycles. The summed E-state index contributed by atoms with van der Waals surface area (Å²) >= 11 is 0. The molecule has 0 saturated heterocycles. The fourth-order valence-electron chi connectivity index (χ4n) is 3.67. The van der Waals surface area contributed by atoms with Crippen molar-refractivity contribution in [3.63, 3.8) is 0 Å². The Hall–Kier alpha value is -4.38. The first-order chi connectivity index (χ1) is 16.2. The molecule has 0 aliphatic heterocycles. The smallest absolute Gasteiger partial charge is 0.343 e. The van der Waals surface area contributed by atoms with Gasteiger partial charge in [0.25, 0.3) is 0 Å². The Kier molecular flexibility index (Phi) is 5.60. The lowest BCUT2D eigenvalue weighted by Gasteiger charge is -2.07. The quantitative estimate of drug-likeness (QED) is 0.290. The number of hydrogen-bond donors (Lipinski definition) is 0. The van der Waals surface area contributed by atoms with E-state index in [-0.39, 0.29) is 6.61 Å². The van der Waals surface area contributed by atoms with Gasteiger partial charge in [0.05, 0.1) is 7.11 Å². The molecule has 4 aromatic carbocycles. The van der Waals surface area contributed by atoms with Gasteiger partial charge >= 0.3 is 5.97 Å². The first-order valence-electron chi connectivity index (χ1n) is 10.6. The fourth-order valence-corrected chi connectivity index (χ4v) is 3.67. The van der Waals surface area contributed by atoms with Crippen LogP contribution in [0.2, 0.25) is 0 Å². The lowest BCUT2D eigenvalue weighted by Crippen LogP contribution is -2.12. The monoisotopic (exact) mass is 435 g/mol. The lowest BCUT2D eigenvalue weighted by atomic mass is 10.1. The summed E-state index contributed by atoms with van der Waals surface area (Å²) in [6, 6.07) is 31.7. The molecule has 0 fully saturated rings. The molecule has 5 heteroatoms. The van der Waals surface area contributed by atoms with E-state index in [0.717, 1.165) is 38.9 Å². The van der Waals surface area contributed by atoms with Crippen LogP contribution in [0.25, 0.3) is 44.8 Å². The Morgan fingerprint density at radius 2 is 1.45 bits per heavy atom. The standard InChI is InChI=1S/C28H21NO4/c1-31-25(30)18-32-24-15-14-21-16-23(13-12-22(21)17-24)28-29-26(19-8-4-2-5-9-19)27(33-28)20-10-6-3-7-11-20/h2-17H,18H2,1H3. The average Bonchev–Trinajstić information content (AvgIpc) is 3.33. The number of aromatic nitrogens is 1. The van der Waals surface area contributed by atoms with Crippen LogP contribution in [-0.4, -0.2) is 24.7 Å². The van der Waals surface area contributed by atoms with Crippen molar-refractivity contribution >= 4 is 16.7 Å². The van der Waals surface area contributed by atoms with E-state index in [1.165, 1.54) is 7.11 Å². The Bertz CT molecular complexity index is 1350. The number of fused-ring (bicyclic) bond motifs is 1. The van der Waals surface area contributed by atoms with Crippen molar-refractivity contribution in [3.8, 4) is 39.8 Å². The van der Waals surface area contributed by atoms with Crippen molar-refractivity contribution in [3.05, 3.63) is 97.1 Å². The van der Waals surface area contributed by atoms with Crippen LogP contribution in [0.5, 0.6) is 5.75 Å². The summed E-state index contributed by atoms with van der Waals surface area (Å²) in [5.74, 6) is 1.48. The zero-order valence-corrected chi connectivity index (χ0v) is 18.0. The summed E-state index contributed by atoms with van der Waals surface area (Å²) in [5.41, 5.74) is 3.66. The second-order valence-corrected chi connectivity index (χ2v) is 7.52. The molecule has 0 bridgehead atoms. The maximum Gasteiger partial charge on any atom is 0.343 e. The highest BCUT2D eigenvalue weighted by molar-refractivity contribution is 5.88. The molecule has 0 aliphatic rings. The zero-order chi connectivity index (χ0) is 22.6. The Morgan fingerprint density at radius 3 is 2.18 bits per heavy atom. The summed E-state index contributed by atoms with van der Waals surface area (Å²) in [7, 11) is 1.34. The van der Waals surface area contributed by atoms with Crippen molar-refractivity contribution in [1.29, 1.82) is 0 Å². The maximum atomic E-state index is 11.3. The highest BCUT2D eigenvalue weighted by Crippen LogP contribution is 2.36. The summed E-state index contributed by atoms with van der Waals surface area (Å²) < 4.78 is 16.4. The zero-order valence-electron chi connectivity index (χ0n) is 18.0. The third-order valence-electron chi connectivity index (χ3n) is 5.35. The van der Waals surface area contributed by atoms with Crippen LogP contribution in [-0.2, 0) is 9.53 Å². The average molecular weight is 435 g/mol. The third-order valence-corrected chi connectivity index (χ3v) is 5.35. The van der Waals surface area contributed by atoms with Crippen molar-refractivity contribution in [2.24, 2.45) is 0 Å². The number of hydrogen-bond acceptors (Lipinski definition) is 5. The molecule has 0 unspecified atom stereocenters. The Morgan fingerprint density at radius 1 is 0.788 bits per heavy atom. The number of benzene rings is 4. The number of nitrogens with zero attached hydrogens (tertiary/aromatic N) is 1. The molecular formula is C28H21NO4. The van der Waals surface area contributed by atoms with E-state index < -0.39 is 5.97 Å². The number of rotatable bonds is 6. The predicted octanol–water partition coefficient (Wildman–Crippen LogP) is 6.38. The Balaban J connectivity index is 1.53. The molecule has 0 atom stereocenters. The van der Waals surface area contributed by atoms with E-state index in [9.17, 15) is 4.79 Å². The third kappa shape index (κ3) is 4.34. The molecular weight excluding hydrogens is 414 g/mol. The molecule has 0 radical (unpaired) electrons. The fraction of sp³-hybridized carbons (Fsp3) is 0.0714. The first kappa shape index (κ1) is 20.5. The molecule has 1 aromatic heterocycles. The first-order valence-corrected chi connectivity index (χ1v) is 10.6. The molecule has 5 nitrogen and oxygen atoms in total. The van der Waals surface area contributed by atoms with Gasteiger partial charge in [-0.3, -0.25) is 0 Å². The van der Waals surface area contributed by atoms with E-state index >= 15 is 0 Å². The number of esters is 1. The van der Waals surface area contributed by atoms with Gasteiger partial charge in [0.2, 0.25) is 5.89 Å². The van der Waals surface area contributed by atoms with Crippen molar-refractivity contribution in [1.82, 2.24) is 4.98 Å². The van der Waals surface area contributed by atoms with Gasteiger partial charge in [-0.25, -0.2) is 9.78 Å². The van der Waals surface area contributed by atoms with Crippen LogP contribution in [0.15, 0.2) is 101 Å². The normalized spacial score (nSPS) is 10.8. The van der Waals surface area contributed by atoms with E-state index in [1.807, 2.05) is 97.1 Å². The molecule has 33 heavy (non-hydrogen) atoms. The van der Waals surface area contributed by atoms with E-state index in [1.54, 1.807) is 0 Å². The molecule has 0 N–H and O–H groups in total. The van der Waals surface area contributed by atoms with Crippen LogP contribution in [0, 0.1) is 0 Å². The number of oxazole rings is 1. The van der Waals surface area contributed by atoms with Crippen molar-refractivity contribution in [2.75, 3.05) is 13.7 Å². The van der Waals surface area contributed by atoms with Crippen LogP contribution in [0.3, 0.4) is 0 Å². The minimum absolute atomic E-state index is 0.124. The van der Waals surface area contributed by atoms with Gasteiger partial charge in [0.1, 0.15) is 11.4 Å². The minimum atomic E-state index is -0.419. The van der Waals surface area contributed by atoms with Gasteiger partial charge in [0.15, 0.2) is 12.4 Å². The van der Waals surface area contributed by atoms with E-state index in [4.69, 9.17) is 14.1 Å². The van der Waals surface area contributed by atoms with Crippen molar-refractivity contribution in [2.45, 2.75) is 0 Å². The number of carbonyl (C=O) groups is 1. The molecule has 0 spiro atoms. The summed E-state index contributed by atoms with van der Waals surface area (Å²) in [4.78, 5) is 16.2. The number of methoxy groups -OCH3 is 1. The van der Waals surface area contributed by atoms with E-state index in [0.29, 0.717) is 11.6 Å². The van der Waals surface area contributed by atoms with Gasteiger partial charge in [-0.05, 0) is 35.0 Å². The summed E-state index contributed by atoms with van der Waals surface area (Å²) in [6.07, 6.45) is 0. The largest absolute Gasteiger partial charge is 0.482 e. The lowest BCUT2D eigenvalue weighted by molar-refractivity contribution is -0.142. The minimum Gasteiger partial charge on any atom is -0.482 e. The Labute approximate surface area is 191 Å². The van der Waals surface area contributed by atoms with Crippen molar-refractivity contribution < 1.29 is 18.7 Å². The van der Waals surface area contributed by atoms with E-state index in [2.05, 4.69) is 4.74 Å². The molecule has 5 rings (SSSR count). The highest BCUT2D eigenvalue weighted by atomic mass is 16.6. The van der Waals surface area contributed by atoms with Gasteiger partial charge in [-0.15, -0.1) is 0 Å². The number of carbonyl (C=O) groups excluding carboxylic acids is 1.